The number of allylic oxidation sites excluding steroid dienone is 1. The molecule has 3 nitrogen and oxygen atoms in total. The summed E-state index contributed by atoms with van der Waals surface area (Å²) in [5, 5.41) is 21.4. The summed E-state index contributed by atoms with van der Waals surface area (Å²) in [5.74, 6) is 0. The van der Waals surface area contributed by atoms with Gasteiger partial charge in [0.2, 0.25) is 0 Å². The van der Waals surface area contributed by atoms with Crippen LogP contribution in [0.15, 0.2) is 97.1 Å². The van der Waals surface area contributed by atoms with Crippen molar-refractivity contribution in [3.05, 3.63) is 119 Å². The van der Waals surface area contributed by atoms with Crippen LogP contribution in [-0.2, 0) is 11.0 Å². The predicted molar refractivity (Wildman–Crippen MR) is 129 cm³/mol. The first-order chi connectivity index (χ1) is 15.6. The third-order valence-electron chi connectivity index (χ3n) is 6.64. The molecule has 162 valence electrons. The summed E-state index contributed by atoms with van der Waals surface area (Å²) < 4.78 is 0. The topological polar surface area (TPSA) is 47.3 Å². The molecule has 0 radical (unpaired) electrons. The fourth-order valence-corrected chi connectivity index (χ4v) is 4.56. The summed E-state index contributed by atoms with van der Waals surface area (Å²) in [5.41, 5.74) is 2.58. The Kier molecular flexibility index (Phi) is 6.55. The van der Waals surface area contributed by atoms with E-state index < -0.39 is 11.0 Å². The minimum Gasteiger partial charge on any atom is -0.385 e. The third kappa shape index (κ3) is 4.53. The highest BCUT2D eigenvalue weighted by atomic mass is 16.3. The Morgan fingerprint density at radius 2 is 1.44 bits per heavy atom. The number of nitrogens with zero attached hydrogens (tertiary/aromatic N) is 2. The fourth-order valence-electron chi connectivity index (χ4n) is 4.56. The van der Waals surface area contributed by atoms with Crippen molar-refractivity contribution in [1.29, 1.82) is 5.26 Å². The van der Waals surface area contributed by atoms with Crippen molar-refractivity contribution >= 4 is 0 Å². The van der Waals surface area contributed by atoms with Crippen LogP contribution < -0.4 is 0 Å². The number of hydrogen-bond donors (Lipinski definition) is 1. The summed E-state index contributed by atoms with van der Waals surface area (Å²) in [6, 6.07) is 30.8. The Morgan fingerprint density at radius 1 is 0.906 bits per heavy atom. The molecule has 1 saturated heterocycles. The normalized spacial score (nSPS) is 16.7. The minimum absolute atomic E-state index is 0.713. The third-order valence-corrected chi connectivity index (χ3v) is 6.64. The van der Waals surface area contributed by atoms with Crippen LogP contribution in [0.5, 0.6) is 0 Å². The molecular formula is C29H30N2O. The summed E-state index contributed by atoms with van der Waals surface area (Å²) in [4.78, 5) is 2.34. The predicted octanol–water partition coefficient (Wildman–Crippen LogP) is 5.34. The van der Waals surface area contributed by atoms with Crippen LogP contribution in [0.1, 0.15) is 35.1 Å². The number of aliphatic hydroxyl groups is 1. The maximum Gasteiger partial charge on any atom is 0.125 e. The molecule has 3 heteroatoms. The van der Waals surface area contributed by atoms with E-state index in [-0.39, 0.29) is 0 Å². The van der Waals surface area contributed by atoms with Gasteiger partial charge in [-0.1, -0.05) is 103 Å². The lowest BCUT2D eigenvalue weighted by atomic mass is 9.75. The molecule has 1 aliphatic rings. The van der Waals surface area contributed by atoms with Crippen molar-refractivity contribution in [2.75, 3.05) is 19.6 Å². The van der Waals surface area contributed by atoms with Crippen LogP contribution >= 0.6 is 0 Å². The highest BCUT2D eigenvalue weighted by Gasteiger charge is 2.34. The Hall–Kier alpha value is -3.19. The van der Waals surface area contributed by atoms with E-state index in [2.05, 4.69) is 36.1 Å². The lowest BCUT2D eigenvalue weighted by Gasteiger charge is -2.38. The molecule has 32 heavy (non-hydrogen) atoms. The van der Waals surface area contributed by atoms with Crippen LogP contribution in [0.2, 0.25) is 0 Å². The quantitative estimate of drug-likeness (QED) is 0.545. The molecular weight excluding hydrogens is 392 g/mol. The molecule has 4 rings (SSSR count). The first-order valence-corrected chi connectivity index (χ1v) is 11.3. The van der Waals surface area contributed by atoms with Gasteiger partial charge in [-0.15, -0.1) is 0 Å². The van der Waals surface area contributed by atoms with Crippen LogP contribution in [-0.4, -0.2) is 29.6 Å². The van der Waals surface area contributed by atoms with Gasteiger partial charge in [0.1, 0.15) is 5.41 Å². The van der Waals surface area contributed by atoms with Gasteiger partial charge in [-0.3, -0.25) is 4.90 Å². The lowest BCUT2D eigenvalue weighted by Crippen LogP contribution is -2.42. The second-order valence-electron chi connectivity index (χ2n) is 8.75. The summed E-state index contributed by atoms with van der Waals surface area (Å²) in [6.45, 7) is 4.47. The Morgan fingerprint density at radius 3 is 1.94 bits per heavy atom. The van der Waals surface area contributed by atoms with Gasteiger partial charge in [0.05, 0.1) is 11.7 Å². The van der Waals surface area contributed by atoms with Gasteiger partial charge in [0, 0.05) is 19.6 Å². The zero-order valence-electron chi connectivity index (χ0n) is 18.6. The first kappa shape index (κ1) is 22.0. The smallest absolute Gasteiger partial charge is 0.125 e. The number of benzene rings is 3. The highest BCUT2D eigenvalue weighted by molar-refractivity contribution is 5.51. The van der Waals surface area contributed by atoms with E-state index in [0.717, 1.165) is 36.3 Å². The standard InChI is InChI=1S/C29H30N2O/c1-24-13-15-27(16-14-24)29(32)18-21-31(22-19-29)20-8-17-28(23-30,25-9-4-2-5-10-25)26-11-6-3-7-12-26/h2-17,32H,18-22H2,1H3. The molecule has 0 unspecified atom stereocenters. The Bertz CT molecular complexity index is 1030. The average molecular weight is 423 g/mol. The fraction of sp³-hybridized carbons (Fsp3) is 0.276. The number of hydrogen-bond acceptors (Lipinski definition) is 3. The van der Waals surface area contributed by atoms with Gasteiger partial charge in [-0.25, -0.2) is 0 Å². The molecule has 0 amide bonds. The molecule has 0 bridgehead atoms. The van der Waals surface area contributed by atoms with Crippen molar-refractivity contribution in [2.24, 2.45) is 0 Å². The van der Waals surface area contributed by atoms with E-state index >= 15 is 0 Å². The average Bonchev–Trinajstić information content (AvgIpc) is 2.85. The van der Waals surface area contributed by atoms with Gasteiger partial charge in [0.15, 0.2) is 0 Å². The maximum atomic E-state index is 11.2. The molecule has 1 aliphatic heterocycles. The maximum absolute atomic E-state index is 11.2. The molecule has 1 heterocycles. The molecule has 0 aliphatic carbocycles. The molecule has 0 spiro atoms. The van der Waals surface area contributed by atoms with E-state index in [1.165, 1.54) is 5.56 Å². The van der Waals surface area contributed by atoms with Crippen molar-refractivity contribution in [3.63, 3.8) is 0 Å². The highest BCUT2D eigenvalue weighted by Crippen LogP contribution is 2.35. The minimum atomic E-state index is -0.819. The van der Waals surface area contributed by atoms with E-state index in [0.29, 0.717) is 12.8 Å². The number of piperidine rings is 1. The number of rotatable bonds is 6. The number of aryl methyl sites for hydroxylation is 1. The Balaban J connectivity index is 1.48. The van der Waals surface area contributed by atoms with Gasteiger partial charge < -0.3 is 5.11 Å². The van der Waals surface area contributed by atoms with Crippen LogP contribution in [0.25, 0.3) is 0 Å². The van der Waals surface area contributed by atoms with E-state index in [1.807, 2.05) is 78.9 Å². The zero-order valence-corrected chi connectivity index (χ0v) is 18.6. The molecule has 3 aromatic carbocycles. The number of likely N-dealkylation sites (tertiary alicyclic amines) is 1. The molecule has 1 N–H and O–H groups in total. The molecule has 0 atom stereocenters. The van der Waals surface area contributed by atoms with Crippen LogP contribution in [0.3, 0.4) is 0 Å². The Labute approximate surface area is 191 Å². The van der Waals surface area contributed by atoms with Crippen LogP contribution in [0.4, 0.5) is 0 Å². The van der Waals surface area contributed by atoms with Gasteiger partial charge in [-0.2, -0.15) is 5.26 Å². The molecule has 0 aromatic heterocycles. The van der Waals surface area contributed by atoms with Crippen molar-refractivity contribution in [2.45, 2.75) is 30.8 Å². The van der Waals surface area contributed by atoms with Crippen molar-refractivity contribution in [1.82, 2.24) is 4.90 Å². The second kappa shape index (κ2) is 9.53. The largest absolute Gasteiger partial charge is 0.385 e. The lowest BCUT2D eigenvalue weighted by molar-refractivity contribution is -0.0234. The van der Waals surface area contributed by atoms with Gasteiger partial charge >= 0.3 is 0 Å². The van der Waals surface area contributed by atoms with Gasteiger partial charge in [0.25, 0.3) is 0 Å². The SMILES string of the molecule is Cc1ccc(C2(O)CCN(CC=CC(C#N)(c3ccccc3)c3ccccc3)CC2)cc1. The van der Waals surface area contributed by atoms with Crippen LogP contribution in [0, 0.1) is 18.3 Å². The molecule has 0 saturated carbocycles. The van der Waals surface area contributed by atoms with E-state index in [1.54, 1.807) is 0 Å². The van der Waals surface area contributed by atoms with Gasteiger partial charge in [-0.05, 0) is 36.5 Å². The number of nitriles is 1. The summed E-state index contributed by atoms with van der Waals surface area (Å²) in [6.07, 6.45) is 5.58. The van der Waals surface area contributed by atoms with E-state index in [4.69, 9.17) is 0 Å². The zero-order chi connectivity index (χ0) is 22.4. The second-order valence-corrected chi connectivity index (χ2v) is 8.75. The molecule has 1 fully saturated rings. The molecule has 3 aromatic rings. The monoisotopic (exact) mass is 422 g/mol. The first-order valence-electron chi connectivity index (χ1n) is 11.3. The summed E-state index contributed by atoms with van der Waals surface area (Å²) in [7, 11) is 0. The summed E-state index contributed by atoms with van der Waals surface area (Å²) >= 11 is 0. The van der Waals surface area contributed by atoms with E-state index in [9.17, 15) is 10.4 Å². The van der Waals surface area contributed by atoms with Crippen molar-refractivity contribution in [3.8, 4) is 6.07 Å². The van der Waals surface area contributed by atoms with Crippen molar-refractivity contribution < 1.29 is 5.11 Å².